The average molecular weight is 254 g/mol. The molecule has 2 heteroatoms. The van der Waals surface area contributed by atoms with Gasteiger partial charge in [-0.3, -0.25) is 0 Å². The van der Waals surface area contributed by atoms with Crippen molar-refractivity contribution >= 4 is 5.69 Å². The lowest BCUT2D eigenvalue weighted by Gasteiger charge is -2.23. The van der Waals surface area contributed by atoms with E-state index in [9.17, 15) is 0 Å². The van der Waals surface area contributed by atoms with Crippen molar-refractivity contribution in [2.75, 3.05) is 18.5 Å². The molecule has 2 nitrogen and oxygen atoms in total. The van der Waals surface area contributed by atoms with Crippen LogP contribution in [0.5, 0.6) is 0 Å². The molecule has 1 N–H and O–H groups in total. The van der Waals surface area contributed by atoms with Gasteiger partial charge in [-0.1, -0.05) is 42.5 Å². The van der Waals surface area contributed by atoms with Gasteiger partial charge in [0.25, 0.3) is 0 Å². The lowest BCUT2D eigenvalue weighted by molar-refractivity contribution is 0.811. The quantitative estimate of drug-likeness (QED) is 0.849. The normalized spacial score (nSPS) is 10.4. The number of nitrogens with one attached hydrogen (secondary N) is 1. The van der Waals surface area contributed by atoms with Crippen molar-refractivity contribution in [3.63, 3.8) is 0 Å². The maximum Gasteiger partial charge on any atom is 0.0429 e. The Morgan fingerprint density at radius 2 is 1.53 bits per heavy atom. The minimum Gasteiger partial charge on any atom is -0.367 e. The SMILES string of the molecule is CCN(Cc1ccc(CNC)cc1)c1ccccc1. The van der Waals surface area contributed by atoms with E-state index in [4.69, 9.17) is 0 Å². The third kappa shape index (κ3) is 3.83. The maximum atomic E-state index is 3.17. The van der Waals surface area contributed by atoms with E-state index in [1.165, 1.54) is 16.8 Å². The number of anilines is 1. The van der Waals surface area contributed by atoms with E-state index in [1.54, 1.807) is 0 Å². The molecule has 0 saturated heterocycles. The summed E-state index contributed by atoms with van der Waals surface area (Å²) in [5.74, 6) is 0. The molecule has 19 heavy (non-hydrogen) atoms. The van der Waals surface area contributed by atoms with E-state index in [1.807, 2.05) is 7.05 Å². The fourth-order valence-electron chi connectivity index (χ4n) is 2.21. The van der Waals surface area contributed by atoms with Gasteiger partial charge in [-0.2, -0.15) is 0 Å². The molecule has 0 aliphatic heterocycles. The zero-order valence-corrected chi connectivity index (χ0v) is 11.8. The van der Waals surface area contributed by atoms with Crippen LogP contribution in [-0.4, -0.2) is 13.6 Å². The van der Waals surface area contributed by atoms with Crippen LogP contribution in [0.2, 0.25) is 0 Å². The Labute approximate surface area is 116 Å². The molecule has 0 radical (unpaired) electrons. The van der Waals surface area contributed by atoms with E-state index in [0.29, 0.717) is 0 Å². The summed E-state index contributed by atoms with van der Waals surface area (Å²) in [4.78, 5) is 2.38. The molecule has 2 aromatic carbocycles. The fraction of sp³-hybridized carbons (Fsp3) is 0.294. The molecule has 2 aromatic rings. The van der Waals surface area contributed by atoms with Crippen LogP contribution in [0, 0.1) is 0 Å². The van der Waals surface area contributed by atoms with Crippen LogP contribution in [0.25, 0.3) is 0 Å². The first-order valence-corrected chi connectivity index (χ1v) is 6.86. The summed E-state index contributed by atoms with van der Waals surface area (Å²) in [6.45, 7) is 5.10. The van der Waals surface area contributed by atoms with Gasteiger partial charge in [0.05, 0.1) is 0 Å². The lowest BCUT2D eigenvalue weighted by atomic mass is 10.1. The molecule has 0 heterocycles. The minimum atomic E-state index is 0.927. The van der Waals surface area contributed by atoms with E-state index in [0.717, 1.165) is 19.6 Å². The Morgan fingerprint density at radius 3 is 2.11 bits per heavy atom. The van der Waals surface area contributed by atoms with Crippen LogP contribution in [-0.2, 0) is 13.1 Å². The van der Waals surface area contributed by atoms with Crippen molar-refractivity contribution in [2.45, 2.75) is 20.0 Å². The fourth-order valence-corrected chi connectivity index (χ4v) is 2.21. The monoisotopic (exact) mass is 254 g/mol. The number of para-hydroxylation sites is 1. The number of rotatable bonds is 6. The Balaban J connectivity index is 2.06. The first-order valence-electron chi connectivity index (χ1n) is 6.86. The lowest BCUT2D eigenvalue weighted by Crippen LogP contribution is -2.21. The highest BCUT2D eigenvalue weighted by molar-refractivity contribution is 5.46. The molecule has 0 fully saturated rings. The van der Waals surface area contributed by atoms with Gasteiger partial charge >= 0.3 is 0 Å². The van der Waals surface area contributed by atoms with Crippen molar-refractivity contribution in [2.24, 2.45) is 0 Å². The van der Waals surface area contributed by atoms with Crippen molar-refractivity contribution in [1.29, 1.82) is 0 Å². The largest absolute Gasteiger partial charge is 0.367 e. The number of hydrogen-bond donors (Lipinski definition) is 1. The molecular formula is C17H22N2. The average Bonchev–Trinajstić information content (AvgIpc) is 2.48. The summed E-state index contributed by atoms with van der Waals surface area (Å²) < 4.78 is 0. The Morgan fingerprint density at radius 1 is 0.895 bits per heavy atom. The zero-order valence-electron chi connectivity index (χ0n) is 11.8. The number of benzene rings is 2. The first kappa shape index (κ1) is 13.6. The Kier molecular flexibility index (Phi) is 4.99. The predicted molar refractivity (Wildman–Crippen MR) is 82.4 cm³/mol. The van der Waals surface area contributed by atoms with E-state index >= 15 is 0 Å². The summed E-state index contributed by atoms with van der Waals surface area (Å²) in [6, 6.07) is 19.4. The van der Waals surface area contributed by atoms with Gasteiger partial charge in [0, 0.05) is 25.3 Å². The smallest absolute Gasteiger partial charge is 0.0429 e. The van der Waals surface area contributed by atoms with Crippen molar-refractivity contribution < 1.29 is 0 Å². The molecule has 0 aliphatic carbocycles. The van der Waals surface area contributed by atoms with Gasteiger partial charge in [0.2, 0.25) is 0 Å². The summed E-state index contributed by atoms with van der Waals surface area (Å²) in [5, 5.41) is 3.17. The molecule has 0 unspecified atom stereocenters. The molecule has 0 aliphatic rings. The van der Waals surface area contributed by atoms with Gasteiger partial charge in [0.15, 0.2) is 0 Å². The summed E-state index contributed by atoms with van der Waals surface area (Å²) in [5.41, 5.74) is 3.96. The molecular weight excluding hydrogens is 232 g/mol. The van der Waals surface area contributed by atoms with Gasteiger partial charge in [-0.05, 0) is 37.2 Å². The summed E-state index contributed by atoms with van der Waals surface area (Å²) in [7, 11) is 1.97. The predicted octanol–water partition coefficient (Wildman–Crippen LogP) is 3.43. The van der Waals surface area contributed by atoms with Gasteiger partial charge in [0.1, 0.15) is 0 Å². The Bertz CT molecular complexity index is 476. The van der Waals surface area contributed by atoms with E-state index < -0.39 is 0 Å². The molecule has 100 valence electrons. The summed E-state index contributed by atoms with van der Waals surface area (Å²) in [6.07, 6.45) is 0. The van der Waals surface area contributed by atoms with Crippen LogP contribution in [0.15, 0.2) is 54.6 Å². The molecule has 0 amide bonds. The second-order valence-corrected chi connectivity index (χ2v) is 4.70. The van der Waals surface area contributed by atoms with Crippen LogP contribution in [0.3, 0.4) is 0 Å². The standard InChI is InChI=1S/C17H22N2/c1-3-19(17-7-5-4-6-8-17)14-16-11-9-15(10-12-16)13-18-2/h4-12,18H,3,13-14H2,1-2H3. The summed E-state index contributed by atoms with van der Waals surface area (Å²) >= 11 is 0. The van der Waals surface area contributed by atoms with Crippen LogP contribution < -0.4 is 10.2 Å². The van der Waals surface area contributed by atoms with Gasteiger partial charge in [-0.25, -0.2) is 0 Å². The van der Waals surface area contributed by atoms with Crippen LogP contribution in [0.4, 0.5) is 5.69 Å². The van der Waals surface area contributed by atoms with Crippen LogP contribution >= 0.6 is 0 Å². The maximum absolute atomic E-state index is 3.17. The Hall–Kier alpha value is -1.80. The van der Waals surface area contributed by atoms with Crippen LogP contribution in [0.1, 0.15) is 18.1 Å². The second-order valence-electron chi connectivity index (χ2n) is 4.70. The highest BCUT2D eigenvalue weighted by Crippen LogP contribution is 2.16. The first-order chi connectivity index (χ1) is 9.33. The second kappa shape index (κ2) is 6.95. The van der Waals surface area contributed by atoms with Gasteiger partial charge < -0.3 is 10.2 Å². The molecule has 0 atom stereocenters. The zero-order chi connectivity index (χ0) is 13.5. The molecule has 0 bridgehead atoms. The van der Waals surface area contributed by atoms with E-state index in [2.05, 4.69) is 71.7 Å². The highest BCUT2D eigenvalue weighted by Gasteiger charge is 2.04. The highest BCUT2D eigenvalue weighted by atomic mass is 15.1. The molecule has 0 spiro atoms. The van der Waals surface area contributed by atoms with Crippen molar-refractivity contribution in [3.05, 3.63) is 65.7 Å². The van der Waals surface area contributed by atoms with Gasteiger partial charge in [-0.15, -0.1) is 0 Å². The molecule has 2 rings (SSSR count). The molecule has 0 aromatic heterocycles. The number of nitrogens with zero attached hydrogens (tertiary/aromatic N) is 1. The number of hydrogen-bond acceptors (Lipinski definition) is 2. The molecule has 0 saturated carbocycles. The minimum absolute atomic E-state index is 0.927. The van der Waals surface area contributed by atoms with E-state index in [-0.39, 0.29) is 0 Å². The topological polar surface area (TPSA) is 15.3 Å². The third-order valence-electron chi connectivity index (χ3n) is 3.28. The van der Waals surface area contributed by atoms with Crippen molar-refractivity contribution in [3.8, 4) is 0 Å². The van der Waals surface area contributed by atoms with Crippen molar-refractivity contribution in [1.82, 2.24) is 5.32 Å². The third-order valence-corrected chi connectivity index (χ3v) is 3.28.